The van der Waals surface area contributed by atoms with Gasteiger partial charge >= 0.3 is 6.18 Å². The van der Waals surface area contributed by atoms with Crippen molar-refractivity contribution in [3.05, 3.63) is 64.4 Å². The average Bonchev–Trinajstić information content (AvgIpc) is 3.24. The van der Waals surface area contributed by atoms with Crippen molar-refractivity contribution in [2.24, 2.45) is 0 Å². The summed E-state index contributed by atoms with van der Waals surface area (Å²) < 4.78 is 40.6. The van der Waals surface area contributed by atoms with Gasteiger partial charge in [-0.1, -0.05) is 17.7 Å². The number of amides is 1. The van der Waals surface area contributed by atoms with Gasteiger partial charge in [0.2, 0.25) is 5.82 Å². The highest BCUT2D eigenvalue weighted by Crippen LogP contribution is 2.34. The van der Waals surface area contributed by atoms with E-state index in [2.05, 4.69) is 14.9 Å². The summed E-state index contributed by atoms with van der Waals surface area (Å²) in [4.78, 5) is 26.0. The van der Waals surface area contributed by atoms with Crippen LogP contribution in [0.2, 0.25) is 5.02 Å². The molecule has 2 saturated heterocycles. The van der Waals surface area contributed by atoms with Gasteiger partial charge in [0.05, 0.1) is 17.7 Å². The number of fused-ring (bicyclic) bond motifs is 1. The van der Waals surface area contributed by atoms with Gasteiger partial charge in [-0.15, -0.1) is 0 Å². The second-order valence-corrected chi connectivity index (χ2v) is 9.70. The number of aliphatic hydroxyl groups is 1. The molecule has 11 heteroatoms. The zero-order chi connectivity index (χ0) is 25.6. The number of halogens is 4. The van der Waals surface area contributed by atoms with Crippen LogP contribution >= 0.6 is 11.6 Å². The Morgan fingerprint density at radius 2 is 1.72 bits per heavy atom. The van der Waals surface area contributed by atoms with E-state index in [4.69, 9.17) is 11.6 Å². The highest BCUT2D eigenvalue weighted by atomic mass is 35.5. The van der Waals surface area contributed by atoms with Gasteiger partial charge < -0.3 is 14.9 Å². The zero-order valence-corrected chi connectivity index (χ0v) is 20.3. The fraction of sp³-hybridized carbons (Fsp3) is 0.400. The van der Waals surface area contributed by atoms with Crippen molar-refractivity contribution in [2.45, 2.75) is 25.2 Å². The molecule has 0 aliphatic carbocycles. The minimum absolute atomic E-state index is 0.0812. The molecule has 2 atom stereocenters. The Bertz CT molecular complexity index is 1280. The molecule has 5 rings (SSSR count). The van der Waals surface area contributed by atoms with Crippen molar-refractivity contribution < 1.29 is 23.1 Å². The minimum Gasteiger partial charge on any atom is -0.390 e. The van der Waals surface area contributed by atoms with Crippen molar-refractivity contribution in [3.8, 4) is 0 Å². The number of piperazine rings is 1. The molecule has 190 valence electrons. The fourth-order valence-electron chi connectivity index (χ4n) is 4.92. The number of anilines is 1. The lowest BCUT2D eigenvalue weighted by Crippen LogP contribution is -2.54. The number of hydrogen-bond acceptors (Lipinski definition) is 6. The van der Waals surface area contributed by atoms with Gasteiger partial charge in [-0.3, -0.25) is 9.69 Å². The molecular formula is C25H25ClF3N5O2. The van der Waals surface area contributed by atoms with Gasteiger partial charge in [-0.2, -0.15) is 13.2 Å². The molecule has 0 radical (unpaired) electrons. The monoisotopic (exact) mass is 519 g/mol. The lowest BCUT2D eigenvalue weighted by Gasteiger charge is -2.38. The Morgan fingerprint density at radius 3 is 2.39 bits per heavy atom. The first-order valence-electron chi connectivity index (χ1n) is 11.7. The van der Waals surface area contributed by atoms with Crippen molar-refractivity contribution in [1.82, 2.24) is 19.8 Å². The molecule has 2 aromatic carbocycles. The minimum atomic E-state index is -4.68. The first-order valence-corrected chi connectivity index (χ1v) is 12.1. The summed E-state index contributed by atoms with van der Waals surface area (Å²) in [6, 6.07) is 11.6. The molecule has 0 unspecified atom stereocenters. The molecule has 0 bridgehead atoms. The smallest absolute Gasteiger partial charge is 0.390 e. The first-order chi connectivity index (χ1) is 17.1. The van der Waals surface area contributed by atoms with Crippen LogP contribution in [0, 0.1) is 6.92 Å². The third-order valence-electron chi connectivity index (χ3n) is 6.81. The number of benzene rings is 2. The number of aromatic nitrogens is 2. The number of aryl methyl sites for hydroxylation is 1. The SMILES string of the molecule is Cc1ccc2c(N3C[C@@H](O)[C@H](N4CCN(C(=O)c5ccc(Cl)cc5)CC4)C3)nc(C(F)(F)F)nc2c1. The van der Waals surface area contributed by atoms with Crippen molar-refractivity contribution >= 4 is 34.2 Å². The van der Waals surface area contributed by atoms with Crippen LogP contribution in [0.3, 0.4) is 0 Å². The van der Waals surface area contributed by atoms with E-state index in [1.807, 2.05) is 6.07 Å². The van der Waals surface area contributed by atoms with Crippen LogP contribution < -0.4 is 4.90 Å². The van der Waals surface area contributed by atoms with Crippen molar-refractivity contribution in [1.29, 1.82) is 0 Å². The van der Waals surface area contributed by atoms with Crippen LogP contribution in [0.5, 0.6) is 0 Å². The standard InChI is InChI=1S/C25H25ClF3N5O2/c1-15-2-7-18-19(12-15)30-24(25(27,28)29)31-22(18)34-13-20(21(35)14-34)32-8-10-33(11-9-32)23(36)16-3-5-17(26)6-4-16/h2-7,12,20-21,35H,8-11,13-14H2,1H3/t20-,21-/m1/s1. The van der Waals surface area contributed by atoms with Gasteiger partial charge in [0.25, 0.3) is 5.91 Å². The average molecular weight is 520 g/mol. The summed E-state index contributed by atoms with van der Waals surface area (Å²) in [5, 5.41) is 11.9. The second kappa shape index (κ2) is 9.49. The molecule has 1 amide bonds. The van der Waals surface area contributed by atoms with Gasteiger partial charge in [-0.05, 0) is 48.9 Å². The van der Waals surface area contributed by atoms with Crippen LogP contribution in [0.4, 0.5) is 19.0 Å². The number of nitrogens with zero attached hydrogens (tertiary/aromatic N) is 5. The number of alkyl halides is 3. The molecule has 36 heavy (non-hydrogen) atoms. The summed E-state index contributed by atoms with van der Waals surface area (Å²) in [7, 11) is 0. The molecule has 0 spiro atoms. The molecule has 3 heterocycles. The predicted octanol–water partition coefficient (Wildman–Crippen LogP) is 3.62. The summed E-state index contributed by atoms with van der Waals surface area (Å²) >= 11 is 5.91. The number of carbonyl (C=O) groups excluding carboxylic acids is 1. The van der Waals surface area contributed by atoms with Crippen molar-refractivity contribution in [2.75, 3.05) is 44.2 Å². The van der Waals surface area contributed by atoms with E-state index >= 15 is 0 Å². The zero-order valence-electron chi connectivity index (χ0n) is 19.5. The topological polar surface area (TPSA) is 72.8 Å². The number of carbonyl (C=O) groups is 1. The molecule has 0 saturated carbocycles. The first kappa shape index (κ1) is 24.7. The second-order valence-electron chi connectivity index (χ2n) is 9.26. The summed E-state index contributed by atoms with van der Waals surface area (Å²) in [6.45, 7) is 4.34. The lowest BCUT2D eigenvalue weighted by atomic mass is 10.1. The molecule has 1 aromatic heterocycles. The highest BCUT2D eigenvalue weighted by Gasteiger charge is 2.40. The Hall–Kier alpha value is -2.95. The fourth-order valence-corrected chi connectivity index (χ4v) is 5.05. The van der Waals surface area contributed by atoms with E-state index in [0.717, 1.165) is 5.56 Å². The number of rotatable bonds is 3. The van der Waals surface area contributed by atoms with E-state index in [1.165, 1.54) is 0 Å². The number of β-amino-alcohol motifs (C(OH)–C–C–N with tert-alkyl or cyclic N) is 1. The van der Waals surface area contributed by atoms with E-state index in [-0.39, 0.29) is 29.8 Å². The van der Waals surface area contributed by atoms with Crippen LogP contribution in [-0.2, 0) is 6.18 Å². The molecular weight excluding hydrogens is 495 g/mol. The number of hydrogen-bond donors (Lipinski definition) is 1. The largest absolute Gasteiger partial charge is 0.451 e. The third-order valence-corrected chi connectivity index (χ3v) is 7.06. The highest BCUT2D eigenvalue weighted by molar-refractivity contribution is 6.30. The van der Waals surface area contributed by atoms with Crippen LogP contribution in [0.15, 0.2) is 42.5 Å². The van der Waals surface area contributed by atoms with Crippen LogP contribution in [0.25, 0.3) is 10.9 Å². The maximum Gasteiger partial charge on any atom is 0.451 e. The van der Waals surface area contributed by atoms with Gasteiger partial charge in [0, 0.05) is 55.2 Å². The summed E-state index contributed by atoms with van der Waals surface area (Å²) in [6.07, 6.45) is -5.45. The van der Waals surface area contributed by atoms with E-state index in [1.54, 1.807) is 53.1 Å². The third kappa shape index (κ3) is 4.85. The predicted molar refractivity (Wildman–Crippen MR) is 130 cm³/mol. The van der Waals surface area contributed by atoms with Crippen LogP contribution in [0.1, 0.15) is 21.7 Å². The van der Waals surface area contributed by atoms with Crippen LogP contribution in [-0.4, -0.2) is 82.2 Å². The molecule has 2 aliphatic heterocycles. The number of aliphatic hydroxyl groups excluding tert-OH is 1. The normalized spacial score (nSPS) is 21.4. The Kier molecular flexibility index (Phi) is 6.52. The van der Waals surface area contributed by atoms with Gasteiger partial charge in [0.15, 0.2) is 0 Å². The van der Waals surface area contributed by atoms with Gasteiger partial charge in [-0.25, -0.2) is 9.97 Å². The molecule has 7 nitrogen and oxygen atoms in total. The summed E-state index contributed by atoms with van der Waals surface area (Å²) in [5.74, 6) is -1.10. The Morgan fingerprint density at radius 1 is 1.03 bits per heavy atom. The maximum absolute atomic E-state index is 13.5. The Labute approximate surface area is 211 Å². The molecule has 2 aliphatic rings. The van der Waals surface area contributed by atoms with Crippen molar-refractivity contribution in [3.63, 3.8) is 0 Å². The summed E-state index contributed by atoms with van der Waals surface area (Å²) in [5.41, 5.74) is 1.58. The maximum atomic E-state index is 13.5. The quantitative estimate of drug-likeness (QED) is 0.570. The molecule has 1 N–H and O–H groups in total. The lowest BCUT2D eigenvalue weighted by molar-refractivity contribution is -0.144. The van der Waals surface area contributed by atoms with E-state index in [9.17, 15) is 23.1 Å². The van der Waals surface area contributed by atoms with Gasteiger partial charge in [0.1, 0.15) is 5.82 Å². The van der Waals surface area contributed by atoms with E-state index < -0.39 is 18.1 Å². The Balaban J connectivity index is 1.32. The van der Waals surface area contributed by atoms with E-state index in [0.29, 0.717) is 48.7 Å². The molecule has 2 fully saturated rings. The molecule has 3 aromatic rings.